The highest BCUT2D eigenvalue weighted by atomic mass is 16.3. The molecule has 0 aliphatic heterocycles. The summed E-state index contributed by atoms with van der Waals surface area (Å²) in [4.78, 5) is 11.8. The lowest BCUT2D eigenvalue weighted by molar-refractivity contribution is -0.123. The molecular weight excluding hydrogens is 240 g/mol. The number of nitrogens with one attached hydrogen (secondary N) is 1. The summed E-state index contributed by atoms with van der Waals surface area (Å²) in [6.45, 7) is 5.19. The van der Waals surface area contributed by atoms with Crippen LogP contribution in [0.25, 0.3) is 0 Å². The fourth-order valence-electron chi connectivity index (χ4n) is 2.79. The van der Waals surface area contributed by atoms with Crippen molar-refractivity contribution in [2.45, 2.75) is 64.4 Å². The van der Waals surface area contributed by atoms with Crippen LogP contribution in [0.2, 0.25) is 0 Å². The molecule has 112 valence electrons. The van der Waals surface area contributed by atoms with E-state index >= 15 is 0 Å². The lowest BCUT2D eigenvalue weighted by Crippen LogP contribution is -2.45. The standard InChI is InChI=1S/C15H30N2O2/c1-3-12-5-7-15(19,8-6-12)11-17-14(18)9-13(4-2)10-16/h12-13,19H,3-11,16H2,1-2H3,(H,17,18). The molecule has 4 N–H and O–H groups in total. The van der Waals surface area contributed by atoms with Crippen LogP contribution in [0, 0.1) is 11.8 Å². The van der Waals surface area contributed by atoms with E-state index in [4.69, 9.17) is 5.73 Å². The Labute approximate surface area is 117 Å². The average molecular weight is 270 g/mol. The topological polar surface area (TPSA) is 75.3 Å². The highest BCUT2D eigenvalue weighted by molar-refractivity contribution is 5.76. The number of hydrogen-bond donors (Lipinski definition) is 3. The highest BCUT2D eigenvalue weighted by Gasteiger charge is 2.32. The normalized spacial score (nSPS) is 28.9. The third-order valence-corrected chi connectivity index (χ3v) is 4.61. The van der Waals surface area contributed by atoms with Crippen LogP contribution >= 0.6 is 0 Å². The quantitative estimate of drug-likeness (QED) is 0.660. The summed E-state index contributed by atoms with van der Waals surface area (Å²) in [6.07, 6.45) is 6.34. The summed E-state index contributed by atoms with van der Waals surface area (Å²) in [5.74, 6) is 1.02. The molecule has 4 nitrogen and oxygen atoms in total. The van der Waals surface area contributed by atoms with Gasteiger partial charge in [-0.2, -0.15) is 0 Å². The van der Waals surface area contributed by atoms with E-state index < -0.39 is 5.60 Å². The summed E-state index contributed by atoms with van der Waals surface area (Å²) in [6, 6.07) is 0. The van der Waals surface area contributed by atoms with Gasteiger partial charge >= 0.3 is 0 Å². The number of hydrogen-bond acceptors (Lipinski definition) is 3. The Balaban J connectivity index is 2.29. The Morgan fingerprint density at radius 1 is 1.42 bits per heavy atom. The van der Waals surface area contributed by atoms with Crippen molar-refractivity contribution in [1.29, 1.82) is 0 Å². The first-order chi connectivity index (χ1) is 9.03. The molecule has 1 aliphatic rings. The number of aliphatic hydroxyl groups is 1. The molecule has 4 heteroatoms. The molecule has 1 unspecified atom stereocenters. The third kappa shape index (κ3) is 5.49. The average Bonchev–Trinajstić information content (AvgIpc) is 2.43. The molecule has 0 spiro atoms. The van der Waals surface area contributed by atoms with Gasteiger partial charge in [-0.05, 0) is 44.1 Å². The fraction of sp³-hybridized carbons (Fsp3) is 0.933. The second kappa shape index (κ2) is 7.85. The summed E-state index contributed by atoms with van der Waals surface area (Å²) in [7, 11) is 0. The zero-order chi connectivity index (χ0) is 14.3. The van der Waals surface area contributed by atoms with Gasteiger partial charge in [0.15, 0.2) is 0 Å². The van der Waals surface area contributed by atoms with Crippen molar-refractivity contribution in [3.8, 4) is 0 Å². The number of amides is 1. The van der Waals surface area contributed by atoms with E-state index in [9.17, 15) is 9.90 Å². The molecule has 0 saturated heterocycles. The zero-order valence-corrected chi connectivity index (χ0v) is 12.5. The predicted octanol–water partition coefficient (Wildman–Crippen LogP) is 1.81. The number of carbonyl (C=O) groups excluding carboxylic acids is 1. The van der Waals surface area contributed by atoms with E-state index in [1.54, 1.807) is 0 Å². The van der Waals surface area contributed by atoms with Gasteiger partial charge in [-0.25, -0.2) is 0 Å². The summed E-state index contributed by atoms with van der Waals surface area (Å²) in [5.41, 5.74) is 4.91. The Morgan fingerprint density at radius 3 is 2.53 bits per heavy atom. The molecule has 1 saturated carbocycles. The van der Waals surface area contributed by atoms with E-state index in [1.165, 1.54) is 6.42 Å². The molecule has 19 heavy (non-hydrogen) atoms. The first-order valence-electron chi connectivity index (χ1n) is 7.72. The van der Waals surface area contributed by atoms with Crippen LogP contribution in [0.1, 0.15) is 58.8 Å². The van der Waals surface area contributed by atoms with Crippen molar-refractivity contribution in [3.05, 3.63) is 0 Å². The molecule has 1 amide bonds. The lowest BCUT2D eigenvalue weighted by atomic mass is 9.78. The van der Waals surface area contributed by atoms with Gasteiger partial charge < -0.3 is 16.2 Å². The highest BCUT2D eigenvalue weighted by Crippen LogP contribution is 2.33. The smallest absolute Gasteiger partial charge is 0.220 e. The van der Waals surface area contributed by atoms with Crippen molar-refractivity contribution >= 4 is 5.91 Å². The SMILES string of the molecule is CCC1CCC(O)(CNC(=O)CC(CC)CN)CC1. The minimum atomic E-state index is -0.689. The van der Waals surface area contributed by atoms with Crippen molar-refractivity contribution in [2.75, 3.05) is 13.1 Å². The molecule has 1 rings (SSSR count). The van der Waals surface area contributed by atoms with Gasteiger partial charge in [-0.1, -0.05) is 26.7 Å². The van der Waals surface area contributed by atoms with Crippen molar-refractivity contribution in [2.24, 2.45) is 17.6 Å². The molecule has 1 fully saturated rings. The van der Waals surface area contributed by atoms with Crippen LogP contribution in [-0.2, 0) is 4.79 Å². The monoisotopic (exact) mass is 270 g/mol. The van der Waals surface area contributed by atoms with Gasteiger partial charge in [0.1, 0.15) is 0 Å². The van der Waals surface area contributed by atoms with E-state index in [1.807, 2.05) is 6.92 Å². The van der Waals surface area contributed by atoms with Crippen molar-refractivity contribution in [1.82, 2.24) is 5.32 Å². The Bertz CT molecular complexity index is 269. The Kier molecular flexibility index (Phi) is 6.80. The van der Waals surface area contributed by atoms with Gasteiger partial charge in [0.2, 0.25) is 5.91 Å². The largest absolute Gasteiger partial charge is 0.388 e. The number of nitrogens with two attached hydrogens (primary N) is 1. The summed E-state index contributed by atoms with van der Waals surface area (Å²) in [5, 5.41) is 13.3. The maximum atomic E-state index is 11.8. The number of rotatable bonds is 7. The van der Waals surface area contributed by atoms with Crippen molar-refractivity contribution in [3.63, 3.8) is 0 Å². The second-order valence-corrected chi connectivity index (χ2v) is 6.07. The summed E-state index contributed by atoms with van der Waals surface area (Å²) < 4.78 is 0. The maximum absolute atomic E-state index is 11.8. The molecule has 0 aromatic rings. The minimum Gasteiger partial charge on any atom is -0.388 e. The maximum Gasteiger partial charge on any atom is 0.220 e. The summed E-state index contributed by atoms with van der Waals surface area (Å²) >= 11 is 0. The molecule has 0 aromatic heterocycles. The van der Waals surface area contributed by atoms with Gasteiger partial charge in [0.05, 0.1) is 5.60 Å². The van der Waals surface area contributed by atoms with E-state index in [2.05, 4.69) is 12.2 Å². The predicted molar refractivity (Wildman–Crippen MR) is 77.7 cm³/mol. The van der Waals surface area contributed by atoms with E-state index in [0.29, 0.717) is 19.5 Å². The van der Waals surface area contributed by atoms with Gasteiger partial charge in [-0.3, -0.25) is 4.79 Å². The van der Waals surface area contributed by atoms with Crippen LogP contribution in [0.3, 0.4) is 0 Å². The van der Waals surface area contributed by atoms with Crippen molar-refractivity contribution < 1.29 is 9.90 Å². The first kappa shape index (κ1) is 16.4. The first-order valence-corrected chi connectivity index (χ1v) is 7.72. The second-order valence-electron chi connectivity index (χ2n) is 6.07. The van der Waals surface area contributed by atoms with E-state index in [-0.39, 0.29) is 11.8 Å². The van der Waals surface area contributed by atoms with Crippen LogP contribution < -0.4 is 11.1 Å². The Hall–Kier alpha value is -0.610. The Morgan fingerprint density at radius 2 is 2.05 bits per heavy atom. The van der Waals surface area contributed by atoms with Crippen LogP contribution in [-0.4, -0.2) is 29.7 Å². The molecule has 0 aromatic carbocycles. The zero-order valence-electron chi connectivity index (χ0n) is 12.5. The minimum absolute atomic E-state index is 0.0170. The van der Waals surface area contributed by atoms with E-state index in [0.717, 1.165) is 38.0 Å². The van der Waals surface area contributed by atoms with Gasteiger partial charge in [0, 0.05) is 13.0 Å². The molecule has 0 heterocycles. The van der Waals surface area contributed by atoms with Crippen LogP contribution in [0.5, 0.6) is 0 Å². The molecule has 1 atom stereocenters. The fourth-order valence-corrected chi connectivity index (χ4v) is 2.79. The molecule has 0 bridgehead atoms. The van der Waals surface area contributed by atoms with Gasteiger partial charge in [0.25, 0.3) is 0 Å². The third-order valence-electron chi connectivity index (χ3n) is 4.61. The number of carbonyl (C=O) groups is 1. The van der Waals surface area contributed by atoms with Crippen LogP contribution in [0.15, 0.2) is 0 Å². The molecular formula is C15H30N2O2. The molecule has 0 radical (unpaired) electrons. The lowest BCUT2D eigenvalue weighted by Gasteiger charge is -2.36. The van der Waals surface area contributed by atoms with Crippen LogP contribution in [0.4, 0.5) is 0 Å². The van der Waals surface area contributed by atoms with Gasteiger partial charge in [-0.15, -0.1) is 0 Å². The molecule has 1 aliphatic carbocycles.